The van der Waals surface area contributed by atoms with Crippen molar-refractivity contribution in [2.75, 3.05) is 20.1 Å². The van der Waals surface area contributed by atoms with E-state index in [1.165, 1.54) is 31.5 Å². The highest BCUT2D eigenvalue weighted by molar-refractivity contribution is 5.06. The van der Waals surface area contributed by atoms with Crippen molar-refractivity contribution in [2.24, 2.45) is 7.05 Å². The number of nitrogens with one attached hydrogen (secondary N) is 1. The zero-order chi connectivity index (χ0) is 12.3. The van der Waals surface area contributed by atoms with Crippen LogP contribution in [-0.4, -0.2) is 40.9 Å². The van der Waals surface area contributed by atoms with Gasteiger partial charge in [0.1, 0.15) is 0 Å². The highest BCUT2D eigenvalue weighted by Crippen LogP contribution is 2.23. The second-order valence-electron chi connectivity index (χ2n) is 5.06. The molecule has 1 aromatic heterocycles. The first-order valence-corrected chi connectivity index (χ1v) is 6.60. The number of rotatable bonds is 3. The molecule has 4 heteroatoms. The Labute approximate surface area is 104 Å². The van der Waals surface area contributed by atoms with Gasteiger partial charge in [-0.3, -0.25) is 9.58 Å². The van der Waals surface area contributed by atoms with Crippen molar-refractivity contribution < 1.29 is 0 Å². The fourth-order valence-corrected chi connectivity index (χ4v) is 2.73. The van der Waals surface area contributed by atoms with Crippen LogP contribution in [0.25, 0.3) is 0 Å². The second-order valence-corrected chi connectivity index (χ2v) is 5.06. The van der Waals surface area contributed by atoms with Crippen LogP contribution in [0, 0.1) is 0 Å². The number of hydrogen-bond acceptors (Lipinski definition) is 3. The molecule has 96 valence electrons. The third kappa shape index (κ3) is 2.87. The lowest BCUT2D eigenvalue weighted by Crippen LogP contribution is -2.35. The van der Waals surface area contributed by atoms with Crippen LogP contribution >= 0.6 is 0 Å². The summed E-state index contributed by atoms with van der Waals surface area (Å²) >= 11 is 0. The summed E-state index contributed by atoms with van der Waals surface area (Å²) in [7, 11) is 4.27. The van der Waals surface area contributed by atoms with Crippen molar-refractivity contribution in [1.82, 2.24) is 20.0 Å². The van der Waals surface area contributed by atoms with E-state index in [-0.39, 0.29) is 0 Å². The molecule has 0 amide bonds. The minimum atomic E-state index is 0.436. The smallest absolute Gasteiger partial charge is 0.0549 e. The van der Waals surface area contributed by atoms with Gasteiger partial charge in [-0.25, -0.2) is 0 Å². The van der Waals surface area contributed by atoms with Crippen LogP contribution in [0.4, 0.5) is 0 Å². The summed E-state index contributed by atoms with van der Waals surface area (Å²) in [5.74, 6) is 0. The largest absolute Gasteiger partial charge is 0.317 e. The molecule has 0 radical (unpaired) electrons. The molecule has 1 aliphatic rings. The van der Waals surface area contributed by atoms with Crippen LogP contribution in [0.15, 0.2) is 12.3 Å². The standard InChI is InChI=1S/C13H24N4/c1-11(13-7-10-15-17(13)3)16(2)12-5-4-8-14-9-6-12/h7,10-12,14H,4-6,8-9H2,1-3H3. The predicted molar refractivity (Wildman–Crippen MR) is 69.9 cm³/mol. The van der Waals surface area contributed by atoms with E-state index in [0.717, 1.165) is 6.54 Å². The van der Waals surface area contributed by atoms with Gasteiger partial charge >= 0.3 is 0 Å². The van der Waals surface area contributed by atoms with Gasteiger partial charge in [-0.2, -0.15) is 5.10 Å². The van der Waals surface area contributed by atoms with Crippen molar-refractivity contribution in [3.63, 3.8) is 0 Å². The molecule has 0 aliphatic carbocycles. The number of aromatic nitrogens is 2. The summed E-state index contributed by atoms with van der Waals surface area (Å²) in [5, 5.41) is 7.73. The Morgan fingerprint density at radius 2 is 2.29 bits per heavy atom. The minimum absolute atomic E-state index is 0.436. The molecular formula is C13H24N4. The van der Waals surface area contributed by atoms with Crippen LogP contribution in [0.2, 0.25) is 0 Å². The predicted octanol–water partition coefficient (Wildman–Crippen LogP) is 1.55. The topological polar surface area (TPSA) is 33.1 Å². The summed E-state index contributed by atoms with van der Waals surface area (Å²) in [6, 6.07) is 3.25. The van der Waals surface area contributed by atoms with Crippen molar-refractivity contribution >= 4 is 0 Å². The maximum Gasteiger partial charge on any atom is 0.0549 e. The summed E-state index contributed by atoms with van der Waals surface area (Å²) < 4.78 is 1.98. The first-order valence-electron chi connectivity index (χ1n) is 6.60. The molecule has 2 heterocycles. The van der Waals surface area contributed by atoms with E-state index in [1.807, 2.05) is 17.9 Å². The molecule has 0 spiro atoms. The van der Waals surface area contributed by atoms with Crippen molar-refractivity contribution in [2.45, 2.75) is 38.3 Å². The molecule has 4 nitrogen and oxygen atoms in total. The van der Waals surface area contributed by atoms with Gasteiger partial charge in [0.25, 0.3) is 0 Å². The Balaban J connectivity index is 2.03. The molecule has 1 N–H and O–H groups in total. The van der Waals surface area contributed by atoms with Crippen molar-refractivity contribution in [3.8, 4) is 0 Å². The van der Waals surface area contributed by atoms with E-state index >= 15 is 0 Å². The van der Waals surface area contributed by atoms with E-state index in [1.54, 1.807) is 0 Å². The fraction of sp³-hybridized carbons (Fsp3) is 0.769. The lowest BCUT2D eigenvalue weighted by atomic mass is 10.0. The van der Waals surface area contributed by atoms with Crippen LogP contribution in [-0.2, 0) is 7.05 Å². The average Bonchev–Trinajstić information content (AvgIpc) is 2.60. The summed E-state index contributed by atoms with van der Waals surface area (Å²) in [6.07, 6.45) is 5.71. The zero-order valence-electron chi connectivity index (χ0n) is 11.2. The number of nitrogens with zero attached hydrogens (tertiary/aromatic N) is 3. The molecule has 17 heavy (non-hydrogen) atoms. The van der Waals surface area contributed by atoms with E-state index in [4.69, 9.17) is 0 Å². The lowest BCUT2D eigenvalue weighted by Gasteiger charge is -2.32. The highest BCUT2D eigenvalue weighted by Gasteiger charge is 2.23. The molecule has 2 rings (SSSR count). The maximum absolute atomic E-state index is 4.26. The van der Waals surface area contributed by atoms with Crippen LogP contribution in [0.3, 0.4) is 0 Å². The first-order chi connectivity index (χ1) is 8.20. The van der Waals surface area contributed by atoms with Gasteiger partial charge in [0.2, 0.25) is 0 Å². The average molecular weight is 236 g/mol. The third-order valence-electron chi connectivity index (χ3n) is 4.02. The summed E-state index contributed by atoms with van der Waals surface area (Å²) in [4.78, 5) is 2.50. The van der Waals surface area contributed by atoms with Crippen LogP contribution < -0.4 is 5.32 Å². The fourth-order valence-electron chi connectivity index (χ4n) is 2.73. The monoisotopic (exact) mass is 236 g/mol. The normalized spacial score (nSPS) is 23.6. The number of aryl methyl sites for hydroxylation is 1. The quantitative estimate of drug-likeness (QED) is 0.864. The Morgan fingerprint density at radius 1 is 1.47 bits per heavy atom. The SMILES string of the molecule is CC(c1ccnn1C)N(C)C1CCCNCC1. The molecule has 1 aromatic rings. The van der Waals surface area contributed by atoms with Crippen molar-refractivity contribution in [1.29, 1.82) is 0 Å². The third-order valence-corrected chi connectivity index (χ3v) is 4.02. The van der Waals surface area contributed by atoms with Gasteiger partial charge in [0, 0.05) is 25.3 Å². The molecule has 0 saturated carbocycles. The van der Waals surface area contributed by atoms with Crippen molar-refractivity contribution in [3.05, 3.63) is 18.0 Å². The second kappa shape index (κ2) is 5.65. The van der Waals surface area contributed by atoms with Gasteiger partial charge in [-0.1, -0.05) is 0 Å². The zero-order valence-corrected chi connectivity index (χ0v) is 11.2. The lowest BCUT2D eigenvalue weighted by molar-refractivity contribution is 0.165. The Kier molecular flexibility index (Phi) is 4.18. The van der Waals surface area contributed by atoms with Gasteiger partial charge in [-0.15, -0.1) is 0 Å². The van der Waals surface area contributed by atoms with Crippen LogP contribution in [0.1, 0.15) is 37.9 Å². The highest BCUT2D eigenvalue weighted by atomic mass is 15.3. The summed E-state index contributed by atoms with van der Waals surface area (Å²) in [6.45, 7) is 4.59. The molecule has 1 saturated heterocycles. The number of hydrogen-bond donors (Lipinski definition) is 1. The minimum Gasteiger partial charge on any atom is -0.317 e. The van der Waals surface area contributed by atoms with Crippen LogP contribution in [0.5, 0.6) is 0 Å². The molecule has 2 atom stereocenters. The maximum atomic E-state index is 4.26. The Bertz CT molecular complexity index is 339. The summed E-state index contributed by atoms with van der Waals surface area (Å²) in [5.41, 5.74) is 1.30. The van der Waals surface area contributed by atoms with E-state index < -0.39 is 0 Å². The Hall–Kier alpha value is -0.870. The van der Waals surface area contributed by atoms with E-state index in [0.29, 0.717) is 12.1 Å². The first kappa shape index (κ1) is 12.6. The molecule has 0 aromatic carbocycles. The van der Waals surface area contributed by atoms with Gasteiger partial charge in [-0.05, 0) is 52.4 Å². The molecular weight excluding hydrogens is 212 g/mol. The van der Waals surface area contributed by atoms with E-state index in [9.17, 15) is 0 Å². The molecule has 0 bridgehead atoms. The van der Waals surface area contributed by atoms with E-state index in [2.05, 4.69) is 35.4 Å². The van der Waals surface area contributed by atoms with Gasteiger partial charge < -0.3 is 5.32 Å². The molecule has 2 unspecified atom stereocenters. The Morgan fingerprint density at radius 3 is 3.00 bits per heavy atom. The molecule has 1 aliphatic heterocycles. The molecule has 1 fully saturated rings. The van der Waals surface area contributed by atoms with Gasteiger partial charge in [0.15, 0.2) is 0 Å². The van der Waals surface area contributed by atoms with Gasteiger partial charge in [0.05, 0.1) is 5.69 Å².